The number of halogens is 1. The normalized spacial score (nSPS) is 16.3. The topological polar surface area (TPSA) is 97.6 Å². The van der Waals surface area contributed by atoms with Gasteiger partial charge in [-0.25, -0.2) is 9.00 Å². The van der Waals surface area contributed by atoms with E-state index in [9.17, 15) is 9.00 Å². The van der Waals surface area contributed by atoms with Crippen LogP contribution in [0.15, 0.2) is 52.6 Å². The minimum Gasteiger partial charge on any atom is -0.444 e. The number of carbonyl (C=O) groups excluding carboxylic acids is 1. The molecule has 0 spiro atoms. The molecular formula is C25H35ClN4O4S. The number of nitrogens with one attached hydrogen (secondary N) is 1. The van der Waals surface area contributed by atoms with Gasteiger partial charge in [0.1, 0.15) is 22.1 Å². The lowest BCUT2D eigenvalue weighted by atomic mass is 9.92. The highest BCUT2D eigenvalue weighted by Crippen LogP contribution is 2.28. The van der Waals surface area contributed by atoms with Crippen LogP contribution in [0.4, 0.5) is 4.79 Å². The van der Waals surface area contributed by atoms with Gasteiger partial charge in [-0.2, -0.15) is 0 Å². The Hall–Kier alpha value is -2.65. The van der Waals surface area contributed by atoms with Gasteiger partial charge in [-0.1, -0.05) is 36.4 Å². The zero-order valence-corrected chi connectivity index (χ0v) is 23.2. The summed E-state index contributed by atoms with van der Waals surface area (Å²) >= 11 is 6.24. The summed E-state index contributed by atoms with van der Waals surface area (Å²) in [6, 6.07) is 9.69. The summed E-state index contributed by atoms with van der Waals surface area (Å²) in [5, 5.41) is 11.1. The number of rotatable bonds is 9. The molecule has 2 rings (SSSR count). The Bertz CT molecular complexity index is 1090. The van der Waals surface area contributed by atoms with E-state index in [-0.39, 0.29) is 17.2 Å². The number of alkyl halides is 1. The van der Waals surface area contributed by atoms with Gasteiger partial charge >= 0.3 is 6.09 Å². The van der Waals surface area contributed by atoms with Crippen molar-refractivity contribution < 1.29 is 18.2 Å². The molecule has 3 atom stereocenters. The Labute approximate surface area is 215 Å². The Morgan fingerprint density at radius 3 is 2.43 bits per heavy atom. The summed E-state index contributed by atoms with van der Waals surface area (Å²) in [6.07, 6.45) is 4.94. The third-order valence-corrected chi connectivity index (χ3v) is 6.16. The van der Waals surface area contributed by atoms with E-state index >= 15 is 0 Å². The number of alkyl carbamates (subject to hydrolysis) is 1. The molecule has 2 aromatic rings. The van der Waals surface area contributed by atoms with Crippen LogP contribution in [-0.4, -0.2) is 49.1 Å². The number of amides is 1. The first-order valence-corrected chi connectivity index (χ1v) is 13.2. The fraction of sp³-hybridized carbons (Fsp3) is 0.480. The summed E-state index contributed by atoms with van der Waals surface area (Å²) < 4.78 is 25.1. The van der Waals surface area contributed by atoms with Crippen LogP contribution in [0.25, 0.3) is 5.57 Å². The van der Waals surface area contributed by atoms with Crippen LogP contribution in [0.2, 0.25) is 0 Å². The van der Waals surface area contributed by atoms with E-state index in [1.807, 2.05) is 51.1 Å². The first-order valence-electron chi connectivity index (χ1n) is 11.2. The van der Waals surface area contributed by atoms with Gasteiger partial charge in [0.15, 0.2) is 0 Å². The zero-order chi connectivity index (χ0) is 26.4. The number of benzene rings is 1. The van der Waals surface area contributed by atoms with Gasteiger partial charge < -0.3 is 14.5 Å². The molecule has 0 radical (unpaired) electrons. The third-order valence-electron chi connectivity index (χ3n) is 4.98. The standard InChI is InChI=1S/C25H35ClN4O4S/c1-17(26)14-20(15-18(2)30(7)35(8)32)21-28-29-22(33-21)25(6,16-19-12-10-9-11-13-19)27-23(31)34-24(3,4)5/h9-15,17H,16H2,1-8H3,(H,27,31)/b18-15+,20-14+/t17?,25-,35?/m1/s1. The van der Waals surface area contributed by atoms with Gasteiger partial charge in [-0.15, -0.1) is 21.8 Å². The fourth-order valence-electron chi connectivity index (χ4n) is 3.22. The van der Waals surface area contributed by atoms with Crippen LogP contribution in [0, 0.1) is 0 Å². The summed E-state index contributed by atoms with van der Waals surface area (Å²) in [7, 11) is 0.531. The molecule has 192 valence electrons. The molecule has 0 saturated heterocycles. The lowest BCUT2D eigenvalue weighted by Crippen LogP contribution is -2.47. The maximum absolute atomic E-state index is 12.7. The molecule has 0 saturated carbocycles. The number of carbonyl (C=O) groups is 1. The van der Waals surface area contributed by atoms with E-state index in [1.165, 1.54) is 0 Å². The van der Waals surface area contributed by atoms with Gasteiger partial charge in [0, 0.05) is 36.4 Å². The molecular weight excluding hydrogens is 488 g/mol. The molecule has 1 amide bonds. The summed E-state index contributed by atoms with van der Waals surface area (Å²) in [5.41, 5.74) is 0.567. The van der Waals surface area contributed by atoms with Crippen molar-refractivity contribution in [2.45, 2.75) is 64.5 Å². The highest BCUT2D eigenvalue weighted by molar-refractivity contribution is 7.81. The Morgan fingerprint density at radius 2 is 1.89 bits per heavy atom. The van der Waals surface area contributed by atoms with Crippen LogP contribution < -0.4 is 5.32 Å². The van der Waals surface area contributed by atoms with Crippen molar-refractivity contribution >= 4 is 34.3 Å². The molecule has 0 aliphatic rings. The molecule has 8 nitrogen and oxygen atoms in total. The van der Waals surface area contributed by atoms with Crippen LogP contribution in [0.5, 0.6) is 0 Å². The lowest BCUT2D eigenvalue weighted by Gasteiger charge is -2.29. The number of allylic oxidation sites excluding steroid dienone is 4. The quantitative estimate of drug-likeness (QED) is 0.359. The second-order valence-electron chi connectivity index (χ2n) is 9.54. The van der Waals surface area contributed by atoms with Crippen LogP contribution >= 0.6 is 11.6 Å². The average molecular weight is 523 g/mol. The molecule has 1 aromatic heterocycles. The monoisotopic (exact) mass is 522 g/mol. The maximum Gasteiger partial charge on any atom is 0.408 e. The predicted molar refractivity (Wildman–Crippen MR) is 140 cm³/mol. The smallest absolute Gasteiger partial charge is 0.408 e. The average Bonchev–Trinajstić information content (AvgIpc) is 3.22. The molecule has 2 unspecified atom stereocenters. The molecule has 0 fully saturated rings. The van der Waals surface area contributed by atoms with Gasteiger partial charge in [-0.3, -0.25) is 4.31 Å². The molecule has 1 aromatic carbocycles. The van der Waals surface area contributed by atoms with Crippen LogP contribution in [0.1, 0.15) is 58.9 Å². The molecule has 35 heavy (non-hydrogen) atoms. The molecule has 1 N–H and O–H groups in total. The highest BCUT2D eigenvalue weighted by Gasteiger charge is 2.36. The first-order chi connectivity index (χ1) is 16.2. The van der Waals surface area contributed by atoms with Gasteiger partial charge in [-0.05, 0) is 53.2 Å². The van der Waals surface area contributed by atoms with Crippen molar-refractivity contribution in [1.82, 2.24) is 19.8 Å². The third kappa shape index (κ3) is 8.81. The number of nitrogens with zero attached hydrogens (tertiary/aromatic N) is 3. The summed E-state index contributed by atoms with van der Waals surface area (Å²) in [4.78, 5) is 12.7. The molecule has 0 aliphatic heterocycles. The molecule has 1 heterocycles. The van der Waals surface area contributed by atoms with E-state index in [0.717, 1.165) is 11.3 Å². The SMILES string of the molecule is C/C(=C\C(=C/C(C)Cl)c1nnc([C@@](C)(Cc2ccccc2)NC(=O)OC(C)(C)C)o1)N(C)S(C)=O. The lowest BCUT2D eigenvalue weighted by molar-refractivity contribution is 0.0443. The molecule has 10 heteroatoms. The number of aromatic nitrogens is 2. The Morgan fingerprint density at radius 1 is 1.26 bits per heavy atom. The number of ether oxygens (including phenoxy) is 1. The van der Waals surface area contributed by atoms with Crippen molar-refractivity contribution in [3.8, 4) is 0 Å². The summed E-state index contributed by atoms with van der Waals surface area (Å²) in [6.45, 7) is 10.8. The van der Waals surface area contributed by atoms with Gasteiger partial charge in [0.25, 0.3) is 0 Å². The second-order valence-corrected chi connectivity index (χ2v) is 11.6. The Kier molecular flexibility index (Phi) is 9.68. The molecule has 0 bridgehead atoms. The van der Waals surface area contributed by atoms with Crippen molar-refractivity contribution in [2.75, 3.05) is 13.3 Å². The highest BCUT2D eigenvalue weighted by atomic mass is 35.5. The van der Waals surface area contributed by atoms with Gasteiger partial charge in [0.05, 0.1) is 0 Å². The minimum atomic E-state index is -1.20. The second kappa shape index (κ2) is 11.9. The molecule has 0 aliphatic carbocycles. The van der Waals surface area contributed by atoms with E-state index in [2.05, 4.69) is 15.5 Å². The Balaban J connectivity index is 2.49. The fourth-order valence-corrected chi connectivity index (χ4v) is 3.81. The van der Waals surface area contributed by atoms with Crippen LogP contribution in [-0.2, 0) is 27.7 Å². The van der Waals surface area contributed by atoms with Crippen molar-refractivity contribution in [3.63, 3.8) is 0 Å². The van der Waals surface area contributed by atoms with Crippen molar-refractivity contribution in [1.29, 1.82) is 0 Å². The number of hydrogen-bond acceptors (Lipinski definition) is 6. The largest absolute Gasteiger partial charge is 0.444 e. The predicted octanol–water partition coefficient (Wildman–Crippen LogP) is 5.19. The van der Waals surface area contributed by atoms with E-state index < -0.39 is 28.2 Å². The van der Waals surface area contributed by atoms with E-state index in [0.29, 0.717) is 12.0 Å². The first kappa shape index (κ1) is 28.6. The minimum absolute atomic E-state index is 0.216. The summed E-state index contributed by atoms with van der Waals surface area (Å²) in [5.74, 6) is 0.446. The zero-order valence-electron chi connectivity index (χ0n) is 21.6. The van der Waals surface area contributed by atoms with E-state index in [1.54, 1.807) is 50.5 Å². The van der Waals surface area contributed by atoms with Crippen LogP contribution in [0.3, 0.4) is 0 Å². The van der Waals surface area contributed by atoms with Crippen molar-refractivity contribution in [3.05, 3.63) is 65.5 Å². The van der Waals surface area contributed by atoms with Gasteiger partial charge in [0.2, 0.25) is 11.8 Å². The van der Waals surface area contributed by atoms with E-state index in [4.69, 9.17) is 20.8 Å². The number of hydrogen-bond donors (Lipinski definition) is 1. The van der Waals surface area contributed by atoms with Crippen molar-refractivity contribution in [2.24, 2.45) is 0 Å². The maximum atomic E-state index is 12.7.